The highest BCUT2D eigenvalue weighted by Crippen LogP contribution is 2.37. The minimum Gasteiger partial charge on any atom is -0.461 e. The highest BCUT2D eigenvalue weighted by molar-refractivity contribution is 9.10. The van der Waals surface area contributed by atoms with Crippen LogP contribution in [0, 0.1) is 11.8 Å². The molecule has 0 spiro atoms. The molecule has 3 atom stereocenters. The first-order valence-electron chi connectivity index (χ1n) is 12.8. The van der Waals surface area contributed by atoms with Crippen LogP contribution in [0.15, 0.2) is 45.3 Å². The number of esters is 1. The van der Waals surface area contributed by atoms with Gasteiger partial charge in [0.25, 0.3) is 0 Å². The fraction of sp³-hybridized carbons (Fsp3) is 0.536. The second-order valence-electron chi connectivity index (χ2n) is 9.73. The van der Waals surface area contributed by atoms with Crippen LogP contribution in [0.4, 0.5) is 4.79 Å². The summed E-state index contributed by atoms with van der Waals surface area (Å²) in [5.41, 5.74) is 0.862. The lowest BCUT2D eigenvalue weighted by molar-refractivity contribution is -0.155. The van der Waals surface area contributed by atoms with Crippen molar-refractivity contribution >= 4 is 33.9 Å². The standard InChI is InChI=1S/C28H36BrNO7/c1-18(2)23-17-35-28(34)30(23)27(33)21(15-20-11-7-6-8-12-20)26(36-19(3)32)25-16-22(29)24(37-25)13-9-4-5-10-14-31/h6-8,11-12,16,18,21,23,26,31H,4-5,9-10,13-15,17H2,1-3H3/t21-,23-,26+/m1/s1. The van der Waals surface area contributed by atoms with Gasteiger partial charge in [-0.2, -0.15) is 0 Å². The van der Waals surface area contributed by atoms with Gasteiger partial charge in [-0.25, -0.2) is 9.69 Å². The average Bonchev–Trinajstić information content (AvgIpc) is 3.43. The summed E-state index contributed by atoms with van der Waals surface area (Å²) < 4.78 is 17.8. The van der Waals surface area contributed by atoms with Crippen LogP contribution in [-0.2, 0) is 31.9 Å². The van der Waals surface area contributed by atoms with E-state index in [2.05, 4.69) is 15.9 Å². The molecule has 8 nitrogen and oxygen atoms in total. The van der Waals surface area contributed by atoms with Crippen molar-refractivity contribution in [3.05, 3.63) is 58.0 Å². The maximum Gasteiger partial charge on any atom is 0.416 e. The molecule has 0 radical (unpaired) electrons. The summed E-state index contributed by atoms with van der Waals surface area (Å²) in [4.78, 5) is 40.0. The Morgan fingerprint density at radius 2 is 1.86 bits per heavy atom. The van der Waals surface area contributed by atoms with Gasteiger partial charge in [0.05, 0.1) is 16.4 Å². The number of unbranched alkanes of at least 4 members (excludes halogenated alkanes) is 3. The minimum atomic E-state index is -1.04. The molecule has 37 heavy (non-hydrogen) atoms. The van der Waals surface area contributed by atoms with E-state index in [0.717, 1.165) is 35.7 Å². The van der Waals surface area contributed by atoms with E-state index in [0.29, 0.717) is 17.9 Å². The molecule has 1 aromatic heterocycles. The number of hydrogen-bond acceptors (Lipinski definition) is 7. The van der Waals surface area contributed by atoms with Crippen LogP contribution in [0.25, 0.3) is 0 Å². The molecule has 9 heteroatoms. The van der Waals surface area contributed by atoms with Crippen LogP contribution in [0.1, 0.15) is 69.6 Å². The number of halogens is 1. The number of hydrogen-bond donors (Lipinski definition) is 1. The molecule has 2 aromatic rings. The first-order valence-corrected chi connectivity index (χ1v) is 13.6. The van der Waals surface area contributed by atoms with E-state index in [9.17, 15) is 14.4 Å². The normalized spacial score (nSPS) is 17.1. The highest BCUT2D eigenvalue weighted by Gasteiger charge is 2.46. The maximum absolute atomic E-state index is 14.0. The molecule has 1 N–H and O–H groups in total. The molecule has 0 aliphatic carbocycles. The third-order valence-electron chi connectivity index (χ3n) is 6.56. The average molecular weight is 579 g/mol. The molecule has 3 rings (SSSR count). The molecule has 1 aliphatic rings. The van der Waals surface area contributed by atoms with Gasteiger partial charge < -0.3 is 19.0 Å². The number of aryl methyl sites for hydroxylation is 1. The third-order valence-corrected chi connectivity index (χ3v) is 7.23. The van der Waals surface area contributed by atoms with Gasteiger partial charge in [0.2, 0.25) is 5.91 Å². The Hall–Kier alpha value is -2.65. The molecule has 1 saturated heterocycles. The molecule has 2 amide bonds. The quantitative estimate of drug-likeness (QED) is 0.244. The van der Waals surface area contributed by atoms with Gasteiger partial charge in [0, 0.05) is 20.0 Å². The van der Waals surface area contributed by atoms with Gasteiger partial charge in [0.15, 0.2) is 6.10 Å². The van der Waals surface area contributed by atoms with Crippen molar-refractivity contribution in [3.63, 3.8) is 0 Å². The minimum absolute atomic E-state index is 0.00450. The number of cyclic esters (lactones) is 1. The Morgan fingerprint density at radius 1 is 1.16 bits per heavy atom. The van der Waals surface area contributed by atoms with Gasteiger partial charge in [-0.1, -0.05) is 57.0 Å². The van der Waals surface area contributed by atoms with Crippen molar-refractivity contribution in [2.24, 2.45) is 11.8 Å². The lowest BCUT2D eigenvalue weighted by Crippen LogP contribution is -2.47. The number of nitrogens with zero attached hydrogens (tertiary/aromatic N) is 1. The van der Waals surface area contributed by atoms with E-state index in [-0.39, 0.29) is 25.6 Å². The molecule has 1 aliphatic heterocycles. The van der Waals surface area contributed by atoms with Crippen molar-refractivity contribution in [2.75, 3.05) is 13.2 Å². The van der Waals surface area contributed by atoms with Crippen molar-refractivity contribution in [1.29, 1.82) is 0 Å². The Kier molecular flexibility index (Phi) is 10.8. The summed E-state index contributed by atoms with van der Waals surface area (Å²) in [6, 6.07) is 10.7. The number of rotatable bonds is 13. The van der Waals surface area contributed by atoms with Crippen LogP contribution in [0.3, 0.4) is 0 Å². The van der Waals surface area contributed by atoms with Crippen LogP contribution < -0.4 is 0 Å². The largest absolute Gasteiger partial charge is 0.461 e. The zero-order valence-electron chi connectivity index (χ0n) is 21.7. The predicted molar refractivity (Wildman–Crippen MR) is 141 cm³/mol. The Bertz CT molecular complexity index is 1050. The fourth-order valence-electron chi connectivity index (χ4n) is 4.56. The number of aliphatic hydroxyl groups is 1. The number of ether oxygens (including phenoxy) is 2. The molecule has 0 unspecified atom stereocenters. The number of carbonyl (C=O) groups excluding carboxylic acids is 3. The van der Waals surface area contributed by atoms with E-state index in [1.54, 1.807) is 6.07 Å². The lowest BCUT2D eigenvalue weighted by Gasteiger charge is -2.30. The lowest BCUT2D eigenvalue weighted by atomic mass is 9.90. The number of furan rings is 1. The Balaban J connectivity index is 1.95. The number of carbonyl (C=O) groups is 3. The van der Waals surface area contributed by atoms with Crippen molar-refractivity contribution in [2.45, 2.75) is 71.4 Å². The number of aliphatic hydroxyl groups excluding tert-OH is 1. The summed E-state index contributed by atoms with van der Waals surface area (Å²) in [5, 5.41) is 8.98. The van der Waals surface area contributed by atoms with Crippen molar-refractivity contribution in [3.8, 4) is 0 Å². The first kappa shape index (κ1) is 28.9. The van der Waals surface area contributed by atoms with Crippen LogP contribution in [-0.4, -0.2) is 47.2 Å². The SMILES string of the molecule is CC(=O)O[C@H](c1cc(Br)c(CCCCCCO)o1)[C@@H](Cc1ccccc1)C(=O)N1C(=O)OC[C@@H]1C(C)C. The van der Waals surface area contributed by atoms with Crippen LogP contribution in [0.2, 0.25) is 0 Å². The van der Waals surface area contributed by atoms with Crippen molar-refractivity contribution in [1.82, 2.24) is 4.90 Å². The molecule has 2 heterocycles. The van der Waals surface area contributed by atoms with Gasteiger partial charge in [-0.3, -0.25) is 9.59 Å². The second kappa shape index (κ2) is 13.8. The van der Waals surface area contributed by atoms with Crippen LogP contribution in [0.5, 0.6) is 0 Å². The van der Waals surface area contributed by atoms with Crippen LogP contribution >= 0.6 is 15.9 Å². The molecular formula is C28H36BrNO7. The predicted octanol–water partition coefficient (Wildman–Crippen LogP) is 5.60. The number of amides is 2. The topological polar surface area (TPSA) is 106 Å². The van der Waals surface area contributed by atoms with E-state index < -0.39 is 36.0 Å². The van der Waals surface area contributed by atoms with Gasteiger partial charge in [-0.05, 0) is 52.7 Å². The molecule has 0 bridgehead atoms. The monoisotopic (exact) mass is 577 g/mol. The molecule has 0 saturated carbocycles. The Labute approximate surface area is 226 Å². The highest BCUT2D eigenvalue weighted by atomic mass is 79.9. The second-order valence-corrected chi connectivity index (χ2v) is 10.6. The Morgan fingerprint density at radius 3 is 2.51 bits per heavy atom. The summed E-state index contributed by atoms with van der Waals surface area (Å²) in [7, 11) is 0. The zero-order valence-corrected chi connectivity index (χ0v) is 23.2. The fourth-order valence-corrected chi connectivity index (χ4v) is 5.06. The first-order chi connectivity index (χ1) is 17.7. The summed E-state index contributed by atoms with van der Waals surface area (Å²) >= 11 is 3.55. The summed E-state index contributed by atoms with van der Waals surface area (Å²) in [6.07, 6.45) is 2.67. The zero-order chi connectivity index (χ0) is 26.9. The molecular weight excluding hydrogens is 542 g/mol. The number of imide groups is 1. The maximum atomic E-state index is 14.0. The third kappa shape index (κ3) is 7.68. The molecule has 202 valence electrons. The smallest absolute Gasteiger partial charge is 0.416 e. The molecule has 1 fully saturated rings. The van der Waals surface area contributed by atoms with E-state index >= 15 is 0 Å². The van der Waals surface area contributed by atoms with E-state index in [1.807, 2.05) is 44.2 Å². The molecule has 1 aromatic carbocycles. The van der Waals surface area contributed by atoms with E-state index in [4.69, 9.17) is 19.0 Å². The van der Waals surface area contributed by atoms with Gasteiger partial charge in [-0.15, -0.1) is 0 Å². The van der Waals surface area contributed by atoms with E-state index in [1.165, 1.54) is 11.8 Å². The number of benzene rings is 1. The van der Waals surface area contributed by atoms with Crippen molar-refractivity contribution < 1.29 is 33.4 Å². The summed E-state index contributed by atoms with van der Waals surface area (Å²) in [5.74, 6) is -0.894. The van der Waals surface area contributed by atoms with Gasteiger partial charge >= 0.3 is 12.1 Å². The summed E-state index contributed by atoms with van der Waals surface area (Å²) in [6.45, 7) is 5.46. The van der Waals surface area contributed by atoms with Gasteiger partial charge in [0.1, 0.15) is 18.1 Å².